The van der Waals surface area contributed by atoms with Crippen molar-refractivity contribution in [3.63, 3.8) is 0 Å². The SMILES string of the molecule is CC(C)CNC(=O)[C@H](C)N(Cc1ccc(Cl)c(Cl)c1)C(=O)COc1cccc2ccccc12. The number of benzene rings is 3. The summed E-state index contributed by atoms with van der Waals surface area (Å²) in [5.41, 5.74) is 0.770. The molecule has 174 valence electrons. The molecular weight excluding hydrogens is 459 g/mol. The summed E-state index contributed by atoms with van der Waals surface area (Å²) in [7, 11) is 0. The average molecular weight is 487 g/mol. The van der Waals surface area contributed by atoms with Gasteiger partial charge in [0.2, 0.25) is 5.91 Å². The first kappa shape index (κ1) is 24.9. The maximum absolute atomic E-state index is 13.3. The van der Waals surface area contributed by atoms with Crippen molar-refractivity contribution in [1.82, 2.24) is 10.2 Å². The lowest BCUT2D eigenvalue weighted by molar-refractivity contribution is -0.142. The Balaban J connectivity index is 1.79. The third kappa shape index (κ3) is 6.62. The molecule has 7 heteroatoms. The van der Waals surface area contributed by atoms with E-state index in [1.54, 1.807) is 25.1 Å². The van der Waals surface area contributed by atoms with Gasteiger partial charge in [-0.15, -0.1) is 0 Å². The molecule has 0 unspecified atom stereocenters. The largest absolute Gasteiger partial charge is 0.483 e. The number of halogens is 2. The molecule has 2 amide bonds. The first-order valence-corrected chi connectivity index (χ1v) is 11.6. The van der Waals surface area contributed by atoms with Gasteiger partial charge in [-0.1, -0.05) is 79.5 Å². The third-order valence-electron chi connectivity index (χ3n) is 5.29. The first-order valence-electron chi connectivity index (χ1n) is 10.9. The Kier molecular flexibility index (Phi) is 8.59. The molecule has 0 fully saturated rings. The smallest absolute Gasteiger partial charge is 0.261 e. The molecule has 5 nitrogen and oxygen atoms in total. The predicted molar refractivity (Wildman–Crippen MR) is 134 cm³/mol. The van der Waals surface area contributed by atoms with Gasteiger partial charge in [-0.25, -0.2) is 0 Å². The zero-order valence-corrected chi connectivity index (χ0v) is 20.5. The molecule has 33 heavy (non-hydrogen) atoms. The lowest BCUT2D eigenvalue weighted by Gasteiger charge is -2.29. The highest BCUT2D eigenvalue weighted by Crippen LogP contribution is 2.26. The highest BCUT2D eigenvalue weighted by molar-refractivity contribution is 6.42. The van der Waals surface area contributed by atoms with E-state index in [0.29, 0.717) is 28.3 Å². The van der Waals surface area contributed by atoms with E-state index in [9.17, 15) is 9.59 Å². The fraction of sp³-hybridized carbons (Fsp3) is 0.308. The minimum absolute atomic E-state index is 0.197. The number of carbonyl (C=O) groups excluding carboxylic acids is 2. The molecule has 3 aromatic rings. The van der Waals surface area contributed by atoms with Gasteiger partial charge in [-0.3, -0.25) is 9.59 Å². The number of nitrogens with one attached hydrogen (secondary N) is 1. The summed E-state index contributed by atoms with van der Waals surface area (Å²) in [6.45, 7) is 6.28. The Hall–Kier alpha value is -2.76. The Bertz CT molecular complexity index is 1130. The van der Waals surface area contributed by atoms with Crippen LogP contribution in [0.5, 0.6) is 5.75 Å². The van der Waals surface area contributed by atoms with Crippen LogP contribution in [0.2, 0.25) is 10.0 Å². The van der Waals surface area contributed by atoms with Crippen molar-refractivity contribution in [3.05, 3.63) is 76.3 Å². The number of nitrogens with zero attached hydrogens (tertiary/aromatic N) is 1. The lowest BCUT2D eigenvalue weighted by atomic mass is 10.1. The summed E-state index contributed by atoms with van der Waals surface area (Å²) in [5, 5.41) is 5.67. The van der Waals surface area contributed by atoms with Gasteiger partial charge in [0.1, 0.15) is 11.8 Å². The molecule has 0 radical (unpaired) electrons. The predicted octanol–water partition coefficient (Wildman–Crippen LogP) is 5.71. The number of rotatable bonds is 9. The molecule has 0 heterocycles. The van der Waals surface area contributed by atoms with Gasteiger partial charge in [-0.2, -0.15) is 0 Å². The van der Waals surface area contributed by atoms with Crippen LogP contribution in [0.15, 0.2) is 60.7 Å². The van der Waals surface area contributed by atoms with Gasteiger partial charge >= 0.3 is 0 Å². The molecule has 0 saturated heterocycles. The van der Waals surface area contributed by atoms with Gasteiger partial charge in [-0.05, 0) is 42.0 Å². The first-order chi connectivity index (χ1) is 15.8. The van der Waals surface area contributed by atoms with E-state index >= 15 is 0 Å². The molecule has 1 N–H and O–H groups in total. The Morgan fingerprint density at radius 2 is 1.70 bits per heavy atom. The van der Waals surface area contributed by atoms with E-state index in [1.165, 1.54) is 4.90 Å². The fourth-order valence-electron chi connectivity index (χ4n) is 3.41. The van der Waals surface area contributed by atoms with E-state index in [2.05, 4.69) is 5.32 Å². The molecule has 0 aliphatic heterocycles. The zero-order chi connectivity index (χ0) is 24.0. The molecule has 0 aromatic heterocycles. The molecule has 3 rings (SSSR count). The van der Waals surface area contributed by atoms with Crippen LogP contribution in [0.25, 0.3) is 10.8 Å². The maximum atomic E-state index is 13.3. The van der Waals surface area contributed by atoms with Crippen molar-refractivity contribution in [2.24, 2.45) is 5.92 Å². The van der Waals surface area contributed by atoms with E-state index in [-0.39, 0.29) is 25.0 Å². The van der Waals surface area contributed by atoms with Crippen molar-refractivity contribution >= 4 is 45.8 Å². The van der Waals surface area contributed by atoms with Crippen molar-refractivity contribution in [2.75, 3.05) is 13.2 Å². The van der Waals surface area contributed by atoms with Gasteiger partial charge in [0.25, 0.3) is 5.91 Å². The van der Waals surface area contributed by atoms with Crippen molar-refractivity contribution < 1.29 is 14.3 Å². The Labute approximate surface area is 204 Å². The summed E-state index contributed by atoms with van der Waals surface area (Å²) >= 11 is 12.2. The van der Waals surface area contributed by atoms with Crippen LogP contribution < -0.4 is 10.1 Å². The van der Waals surface area contributed by atoms with E-state index < -0.39 is 6.04 Å². The average Bonchev–Trinajstić information content (AvgIpc) is 2.81. The number of amides is 2. The molecule has 1 atom stereocenters. The molecule has 0 spiro atoms. The summed E-state index contributed by atoms with van der Waals surface area (Å²) in [6, 6.07) is 18.0. The monoisotopic (exact) mass is 486 g/mol. The molecule has 0 aliphatic carbocycles. The fourth-order valence-corrected chi connectivity index (χ4v) is 3.73. The molecule has 0 saturated carbocycles. The van der Waals surface area contributed by atoms with Crippen molar-refractivity contribution in [1.29, 1.82) is 0 Å². The van der Waals surface area contributed by atoms with E-state index in [4.69, 9.17) is 27.9 Å². The van der Waals surface area contributed by atoms with Gasteiger partial charge in [0.15, 0.2) is 6.61 Å². The maximum Gasteiger partial charge on any atom is 0.261 e. The van der Waals surface area contributed by atoms with Crippen molar-refractivity contribution in [3.8, 4) is 5.75 Å². The second kappa shape index (κ2) is 11.4. The van der Waals surface area contributed by atoms with E-state index in [0.717, 1.165) is 16.3 Å². The minimum atomic E-state index is -0.693. The second-order valence-corrected chi connectivity index (χ2v) is 9.17. The molecule has 0 bridgehead atoms. The third-order valence-corrected chi connectivity index (χ3v) is 6.03. The summed E-state index contributed by atoms with van der Waals surface area (Å²) < 4.78 is 5.90. The highest BCUT2D eigenvalue weighted by atomic mass is 35.5. The molecule has 3 aromatic carbocycles. The quantitative estimate of drug-likeness (QED) is 0.420. The molecular formula is C26H28Cl2N2O3. The lowest BCUT2D eigenvalue weighted by Crippen LogP contribution is -2.49. The Morgan fingerprint density at radius 1 is 0.970 bits per heavy atom. The second-order valence-electron chi connectivity index (χ2n) is 8.35. The Morgan fingerprint density at radius 3 is 2.42 bits per heavy atom. The van der Waals surface area contributed by atoms with Crippen LogP contribution in [0.4, 0.5) is 0 Å². The number of hydrogen-bond donors (Lipinski definition) is 1. The summed E-state index contributed by atoms with van der Waals surface area (Å²) in [6.07, 6.45) is 0. The van der Waals surface area contributed by atoms with Gasteiger partial charge < -0.3 is 15.0 Å². The van der Waals surface area contributed by atoms with Crippen LogP contribution in [0.3, 0.4) is 0 Å². The summed E-state index contributed by atoms with van der Waals surface area (Å²) in [5.74, 6) is 0.395. The highest BCUT2D eigenvalue weighted by Gasteiger charge is 2.27. The summed E-state index contributed by atoms with van der Waals surface area (Å²) in [4.78, 5) is 27.5. The van der Waals surface area contributed by atoms with Crippen LogP contribution in [-0.2, 0) is 16.1 Å². The van der Waals surface area contributed by atoms with Crippen molar-refractivity contribution in [2.45, 2.75) is 33.4 Å². The standard InChI is InChI=1S/C26H28Cl2N2O3/c1-17(2)14-29-26(32)18(3)30(15-19-11-12-22(27)23(28)13-19)25(31)16-33-24-10-6-8-20-7-4-5-9-21(20)24/h4-13,17-18H,14-16H2,1-3H3,(H,29,32)/t18-/m0/s1. The van der Waals surface area contributed by atoms with Crippen LogP contribution in [-0.4, -0.2) is 35.9 Å². The van der Waals surface area contributed by atoms with Crippen LogP contribution >= 0.6 is 23.2 Å². The van der Waals surface area contributed by atoms with Crippen LogP contribution in [0.1, 0.15) is 26.3 Å². The number of ether oxygens (including phenoxy) is 1. The van der Waals surface area contributed by atoms with Gasteiger partial charge in [0, 0.05) is 18.5 Å². The zero-order valence-electron chi connectivity index (χ0n) is 19.0. The normalized spacial score (nSPS) is 11.9. The van der Waals surface area contributed by atoms with E-state index in [1.807, 2.05) is 56.3 Å². The van der Waals surface area contributed by atoms with Gasteiger partial charge in [0.05, 0.1) is 10.0 Å². The molecule has 0 aliphatic rings. The van der Waals surface area contributed by atoms with Crippen LogP contribution in [0, 0.1) is 5.92 Å². The minimum Gasteiger partial charge on any atom is -0.483 e. The topological polar surface area (TPSA) is 58.6 Å². The number of hydrogen-bond acceptors (Lipinski definition) is 3. The number of carbonyl (C=O) groups is 2. The number of fused-ring (bicyclic) bond motifs is 1.